The predicted molar refractivity (Wildman–Crippen MR) is 80.6 cm³/mol. The molecule has 1 N–H and O–H groups in total. The first-order valence-corrected chi connectivity index (χ1v) is 6.85. The maximum absolute atomic E-state index is 6.38. The number of hydrogen-bond donors (Lipinski definition) is 1. The van der Waals surface area contributed by atoms with Crippen LogP contribution in [0.4, 0.5) is 5.69 Å². The molecule has 0 saturated heterocycles. The molecule has 0 radical (unpaired) electrons. The molecule has 1 aliphatic carbocycles. The topological polar surface area (TPSA) is 12.0 Å². The lowest BCUT2D eigenvalue weighted by molar-refractivity contribution is 0.944. The largest absolute Gasteiger partial charge is 0.356 e. The number of aryl methyl sites for hydroxylation is 1. The van der Waals surface area contributed by atoms with Crippen LogP contribution in [0.15, 0.2) is 29.5 Å². The van der Waals surface area contributed by atoms with Gasteiger partial charge in [-0.25, -0.2) is 0 Å². The third kappa shape index (κ3) is 2.57. The highest BCUT2D eigenvalue weighted by Crippen LogP contribution is 2.37. The van der Waals surface area contributed by atoms with Gasteiger partial charge in [0.2, 0.25) is 0 Å². The van der Waals surface area contributed by atoms with E-state index in [-0.39, 0.29) is 0 Å². The van der Waals surface area contributed by atoms with Crippen molar-refractivity contribution in [1.82, 2.24) is 0 Å². The Labute approximate surface area is 118 Å². The van der Waals surface area contributed by atoms with E-state index in [2.05, 4.69) is 24.4 Å². The van der Waals surface area contributed by atoms with Gasteiger partial charge in [-0.05, 0) is 56.4 Å². The molecule has 0 unspecified atom stereocenters. The molecule has 0 amide bonds. The number of hydrogen-bond acceptors (Lipinski definition) is 1. The fourth-order valence-electron chi connectivity index (χ4n) is 2.05. The van der Waals surface area contributed by atoms with Gasteiger partial charge in [-0.3, -0.25) is 0 Å². The van der Waals surface area contributed by atoms with Gasteiger partial charge in [-0.2, -0.15) is 0 Å². The van der Waals surface area contributed by atoms with E-state index < -0.39 is 0 Å². The van der Waals surface area contributed by atoms with E-state index in [9.17, 15) is 0 Å². The Balaban J connectivity index is 2.41. The van der Waals surface area contributed by atoms with Crippen molar-refractivity contribution in [1.29, 1.82) is 0 Å². The van der Waals surface area contributed by atoms with Crippen molar-refractivity contribution in [2.75, 3.05) is 5.32 Å². The third-order valence-corrected chi connectivity index (χ3v) is 4.17. The molecular weight excluding hydrogens is 265 g/mol. The Morgan fingerprint density at radius 2 is 1.89 bits per heavy atom. The van der Waals surface area contributed by atoms with Gasteiger partial charge in [-0.1, -0.05) is 35.4 Å². The SMILES string of the molecule is CC1=C(Nc2c(Cl)cc(C)c(C)c2Cl)CCC=C1. The summed E-state index contributed by atoms with van der Waals surface area (Å²) in [5, 5.41) is 4.80. The number of anilines is 1. The summed E-state index contributed by atoms with van der Waals surface area (Å²) in [4.78, 5) is 0. The van der Waals surface area contributed by atoms with E-state index >= 15 is 0 Å². The molecule has 1 nitrogen and oxygen atoms in total. The van der Waals surface area contributed by atoms with Crippen molar-refractivity contribution in [2.45, 2.75) is 33.6 Å². The van der Waals surface area contributed by atoms with Gasteiger partial charge in [0.15, 0.2) is 0 Å². The zero-order valence-electron chi connectivity index (χ0n) is 10.9. The molecule has 0 atom stereocenters. The first kappa shape index (κ1) is 13.5. The van der Waals surface area contributed by atoms with Crippen LogP contribution >= 0.6 is 23.2 Å². The van der Waals surface area contributed by atoms with Crippen molar-refractivity contribution in [3.8, 4) is 0 Å². The molecule has 0 saturated carbocycles. The lowest BCUT2D eigenvalue weighted by atomic mass is 10.0. The first-order valence-electron chi connectivity index (χ1n) is 6.09. The summed E-state index contributed by atoms with van der Waals surface area (Å²) in [7, 11) is 0. The summed E-state index contributed by atoms with van der Waals surface area (Å²) >= 11 is 12.7. The van der Waals surface area contributed by atoms with Gasteiger partial charge < -0.3 is 5.32 Å². The average Bonchev–Trinajstić information content (AvgIpc) is 2.34. The zero-order chi connectivity index (χ0) is 13.3. The van der Waals surface area contributed by atoms with E-state index in [1.165, 1.54) is 11.3 Å². The van der Waals surface area contributed by atoms with Gasteiger partial charge in [0.05, 0.1) is 15.7 Å². The molecule has 1 aliphatic rings. The average molecular weight is 282 g/mol. The van der Waals surface area contributed by atoms with Crippen LogP contribution in [-0.2, 0) is 0 Å². The monoisotopic (exact) mass is 281 g/mol. The lowest BCUT2D eigenvalue weighted by Gasteiger charge is -2.19. The van der Waals surface area contributed by atoms with Crippen LogP contribution in [-0.4, -0.2) is 0 Å². The van der Waals surface area contributed by atoms with Gasteiger partial charge in [0, 0.05) is 5.70 Å². The molecule has 2 rings (SSSR count). The van der Waals surface area contributed by atoms with E-state index in [4.69, 9.17) is 23.2 Å². The minimum Gasteiger partial charge on any atom is -0.356 e. The van der Waals surface area contributed by atoms with Gasteiger partial charge >= 0.3 is 0 Å². The maximum Gasteiger partial charge on any atom is 0.0763 e. The van der Waals surface area contributed by atoms with Crippen LogP contribution in [0, 0.1) is 13.8 Å². The summed E-state index contributed by atoms with van der Waals surface area (Å²) < 4.78 is 0. The van der Waals surface area contributed by atoms with Crippen molar-refractivity contribution < 1.29 is 0 Å². The predicted octanol–water partition coefficient (Wildman–Crippen LogP) is 5.65. The van der Waals surface area contributed by atoms with E-state index in [0.29, 0.717) is 5.02 Å². The quantitative estimate of drug-likeness (QED) is 0.739. The third-order valence-electron chi connectivity index (χ3n) is 3.40. The second-order valence-corrected chi connectivity index (χ2v) is 5.50. The molecule has 0 aromatic heterocycles. The minimum atomic E-state index is 0.679. The normalized spacial score (nSPS) is 15.2. The van der Waals surface area contributed by atoms with Crippen molar-refractivity contribution in [3.63, 3.8) is 0 Å². The first-order chi connectivity index (χ1) is 8.50. The Hall–Kier alpha value is -0.920. The van der Waals surface area contributed by atoms with Crippen LogP contribution < -0.4 is 5.32 Å². The summed E-state index contributed by atoms with van der Waals surface area (Å²) in [6, 6.07) is 1.96. The Morgan fingerprint density at radius 1 is 1.17 bits per heavy atom. The standard InChI is InChI=1S/C15H17Cl2N/c1-9-6-4-5-7-13(9)18-15-12(16)8-10(2)11(3)14(15)17/h4,6,8,18H,5,7H2,1-3H3. The van der Waals surface area contributed by atoms with Gasteiger partial charge in [0.25, 0.3) is 0 Å². The fraction of sp³-hybridized carbons (Fsp3) is 0.333. The number of halogens is 2. The maximum atomic E-state index is 6.38. The molecule has 96 valence electrons. The minimum absolute atomic E-state index is 0.679. The molecule has 0 bridgehead atoms. The summed E-state index contributed by atoms with van der Waals surface area (Å²) in [6.45, 7) is 6.13. The number of nitrogens with one attached hydrogen (secondary N) is 1. The molecule has 1 aromatic rings. The molecular formula is C15H17Cl2N. The van der Waals surface area contributed by atoms with Crippen LogP contribution in [0.1, 0.15) is 30.9 Å². The Morgan fingerprint density at radius 3 is 2.56 bits per heavy atom. The van der Waals surface area contributed by atoms with Crippen molar-refractivity contribution in [2.24, 2.45) is 0 Å². The Bertz CT molecular complexity index is 542. The second-order valence-electron chi connectivity index (χ2n) is 4.72. The molecule has 0 fully saturated rings. The van der Waals surface area contributed by atoms with Crippen molar-refractivity contribution in [3.05, 3.63) is 50.7 Å². The number of benzene rings is 1. The highest BCUT2D eigenvalue weighted by atomic mass is 35.5. The molecule has 1 aromatic carbocycles. The van der Waals surface area contributed by atoms with Gasteiger partial charge in [-0.15, -0.1) is 0 Å². The van der Waals surface area contributed by atoms with Crippen LogP contribution in [0.2, 0.25) is 10.0 Å². The van der Waals surface area contributed by atoms with E-state index in [1.807, 2.05) is 19.9 Å². The van der Waals surface area contributed by atoms with Gasteiger partial charge in [0.1, 0.15) is 0 Å². The fourth-order valence-corrected chi connectivity index (χ4v) is 2.70. The summed E-state index contributed by atoms with van der Waals surface area (Å²) in [6.07, 6.45) is 6.38. The smallest absolute Gasteiger partial charge is 0.0763 e. The van der Waals surface area contributed by atoms with Crippen LogP contribution in [0.3, 0.4) is 0 Å². The lowest BCUT2D eigenvalue weighted by Crippen LogP contribution is -2.06. The molecule has 0 heterocycles. The Kier molecular flexibility index (Phi) is 4.04. The van der Waals surface area contributed by atoms with Crippen LogP contribution in [0.25, 0.3) is 0 Å². The molecule has 0 spiro atoms. The highest BCUT2D eigenvalue weighted by molar-refractivity contribution is 6.39. The summed E-state index contributed by atoms with van der Waals surface area (Å²) in [5.74, 6) is 0. The zero-order valence-corrected chi connectivity index (χ0v) is 12.4. The highest BCUT2D eigenvalue weighted by Gasteiger charge is 2.13. The van der Waals surface area contributed by atoms with E-state index in [1.54, 1.807) is 0 Å². The number of allylic oxidation sites excluding steroid dienone is 4. The van der Waals surface area contributed by atoms with Crippen molar-refractivity contribution >= 4 is 28.9 Å². The molecule has 18 heavy (non-hydrogen) atoms. The number of rotatable bonds is 2. The molecule has 0 aliphatic heterocycles. The summed E-state index contributed by atoms with van der Waals surface area (Å²) in [5.41, 5.74) is 5.46. The van der Waals surface area contributed by atoms with Crippen LogP contribution in [0.5, 0.6) is 0 Å². The van der Waals surface area contributed by atoms with E-state index in [0.717, 1.165) is 34.7 Å². The second kappa shape index (κ2) is 5.38. The molecule has 3 heteroatoms.